The third kappa shape index (κ3) is 3.08. The fourth-order valence-corrected chi connectivity index (χ4v) is 2.26. The molecule has 2 aromatic heterocycles. The first-order valence-corrected chi connectivity index (χ1v) is 6.99. The second-order valence-electron chi connectivity index (χ2n) is 4.99. The Morgan fingerprint density at radius 2 is 2.12 bits per heavy atom. The van der Waals surface area contributed by atoms with Crippen molar-refractivity contribution >= 4 is 16.9 Å². The monoisotopic (exact) mass is 331 g/mol. The molecule has 3 aromatic rings. The maximum absolute atomic E-state index is 11.8. The van der Waals surface area contributed by atoms with Gasteiger partial charge in [-0.25, -0.2) is 10.1 Å². The molecule has 1 aromatic carbocycles. The summed E-state index contributed by atoms with van der Waals surface area (Å²) in [6.45, 7) is 0.0561. The Hall–Kier alpha value is -3.26. The zero-order chi connectivity index (χ0) is 17.1. The Morgan fingerprint density at radius 3 is 2.88 bits per heavy atom. The van der Waals surface area contributed by atoms with Crippen molar-refractivity contribution in [3.8, 4) is 11.5 Å². The van der Waals surface area contributed by atoms with E-state index < -0.39 is 17.1 Å². The quantitative estimate of drug-likeness (QED) is 0.371. The number of nitrogens with one attached hydrogen (secondary N) is 1. The highest BCUT2D eigenvalue weighted by atomic mass is 17.1. The van der Waals surface area contributed by atoms with Gasteiger partial charge < -0.3 is 24.1 Å². The fourth-order valence-electron chi connectivity index (χ4n) is 2.26. The third-order valence-electron chi connectivity index (χ3n) is 3.46. The molecule has 3 rings (SSSR count). The molecule has 0 fully saturated rings. The summed E-state index contributed by atoms with van der Waals surface area (Å²) in [4.78, 5) is 30.3. The summed E-state index contributed by atoms with van der Waals surface area (Å²) >= 11 is 0. The largest absolute Gasteiger partial charge is 0.502 e. The fraction of sp³-hybridized carbons (Fsp3) is 0.125. The van der Waals surface area contributed by atoms with E-state index in [4.69, 9.17) is 19.5 Å². The van der Waals surface area contributed by atoms with Crippen LogP contribution in [0.4, 0.5) is 0 Å². The van der Waals surface area contributed by atoms with Gasteiger partial charge in [0.2, 0.25) is 11.2 Å². The standard InChI is InChI=1S/C16H13NO7/c18-13-6-15(23-8-14(13)19)16(20)22-4-3-9-7-17-12-2-1-10(24-21)5-11(9)12/h1-2,5-8,17,19,21H,3-4H2. The van der Waals surface area contributed by atoms with Crippen LogP contribution in [0.25, 0.3) is 10.9 Å². The van der Waals surface area contributed by atoms with E-state index >= 15 is 0 Å². The number of rotatable bonds is 5. The highest BCUT2D eigenvalue weighted by molar-refractivity contribution is 5.86. The van der Waals surface area contributed by atoms with Gasteiger partial charge in [-0.1, -0.05) is 0 Å². The van der Waals surface area contributed by atoms with E-state index in [1.165, 1.54) is 0 Å². The van der Waals surface area contributed by atoms with E-state index in [1.54, 1.807) is 24.4 Å². The van der Waals surface area contributed by atoms with Crippen molar-refractivity contribution in [2.45, 2.75) is 6.42 Å². The van der Waals surface area contributed by atoms with Crippen LogP contribution in [0.2, 0.25) is 0 Å². The Balaban J connectivity index is 1.67. The summed E-state index contributed by atoms with van der Waals surface area (Å²) in [5.74, 6) is -1.36. The molecule has 0 bridgehead atoms. The summed E-state index contributed by atoms with van der Waals surface area (Å²) in [6.07, 6.45) is 2.96. The van der Waals surface area contributed by atoms with Gasteiger partial charge in [0.1, 0.15) is 6.26 Å². The third-order valence-corrected chi connectivity index (χ3v) is 3.46. The average molecular weight is 331 g/mol. The van der Waals surface area contributed by atoms with Crippen LogP contribution < -0.4 is 10.3 Å². The molecule has 0 amide bonds. The summed E-state index contributed by atoms with van der Waals surface area (Å²) in [7, 11) is 0. The van der Waals surface area contributed by atoms with Gasteiger partial charge in [-0.3, -0.25) is 4.79 Å². The van der Waals surface area contributed by atoms with Crippen molar-refractivity contribution < 1.29 is 29.2 Å². The number of fused-ring (bicyclic) bond motifs is 1. The molecule has 0 aliphatic heterocycles. The van der Waals surface area contributed by atoms with Crippen LogP contribution in [0.3, 0.4) is 0 Å². The number of hydrogen-bond donors (Lipinski definition) is 3. The predicted molar refractivity (Wildman–Crippen MR) is 82.2 cm³/mol. The number of H-pyrrole nitrogens is 1. The molecule has 0 aliphatic rings. The number of aromatic nitrogens is 1. The molecule has 3 N–H and O–H groups in total. The van der Waals surface area contributed by atoms with Gasteiger partial charge in [-0.2, -0.15) is 0 Å². The molecule has 0 unspecified atom stereocenters. The van der Waals surface area contributed by atoms with Gasteiger partial charge >= 0.3 is 5.97 Å². The SMILES string of the molecule is O=C(OCCc1c[nH]c2ccc(OO)cc12)c1cc(=O)c(O)co1. The van der Waals surface area contributed by atoms with Gasteiger partial charge in [-0.15, -0.1) is 0 Å². The number of carbonyl (C=O) groups is 1. The lowest BCUT2D eigenvalue weighted by Crippen LogP contribution is -2.11. The van der Waals surface area contributed by atoms with Crippen molar-refractivity contribution in [1.29, 1.82) is 0 Å². The molecule has 0 atom stereocenters. The van der Waals surface area contributed by atoms with Crippen LogP contribution in [0.15, 0.2) is 45.9 Å². The van der Waals surface area contributed by atoms with Crippen molar-refractivity contribution in [2.75, 3.05) is 6.61 Å². The second-order valence-corrected chi connectivity index (χ2v) is 4.99. The first-order valence-electron chi connectivity index (χ1n) is 6.99. The molecule has 0 spiro atoms. The lowest BCUT2D eigenvalue weighted by molar-refractivity contribution is -0.137. The van der Waals surface area contributed by atoms with Crippen LogP contribution in [-0.4, -0.2) is 27.9 Å². The Morgan fingerprint density at radius 1 is 1.29 bits per heavy atom. The molecule has 8 nitrogen and oxygen atoms in total. The van der Waals surface area contributed by atoms with E-state index in [0.717, 1.165) is 28.8 Å². The lowest BCUT2D eigenvalue weighted by atomic mass is 10.1. The lowest BCUT2D eigenvalue weighted by Gasteiger charge is -2.04. The zero-order valence-corrected chi connectivity index (χ0v) is 12.3. The molecule has 8 heteroatoms. The summed E-state index contributed by atoms with van der Waals surface area (Å²) < 4.78 is 9.87. The first kappa shape index (κ1) is 15.6. The molecule has 0 aliphatic carbocycles. The molecule has 2 heterocycles. The van der Waals surface area contributed by atoms with Crippen LogP contribution in [0, 0.1) is 0 Å². The van der Waals surface area contributed by atoms with Gasteiger partial charge in [0, 0.05) is 29.6 Å². The van der Waals surface area contributed by atoms with Crippen LogP contribution >= 0.6 is 0 Å². The molecule has 0 saturated carbocycles. The van der Waals surface area contributed by atoms with E-state index in [9.17, 15) is 9.59 Å². The minimum Gasteiger partial charge on any atom is -0.502 e. The molecule has 124 valence electrons. The number of carbonyl (C=O) groups excluding carboxylic acids is 1. The molecule has 0 saturated heterocycles. The van der Waals surface area contributed by atoms with Gasteiger partial charge in [0.15, 0.2) is 11.5 Å². The number of esters is 1. The molecule has 24 heavy (non-hydrogen) atoms. The normalized spacial score (nSPS) is 10.7. The molecule has 0 radical (unpaired) electrons. The van der Waals surface area contributed by atoms with Crippen molar-refractivity contribution in [3.05, 3.63) is 58.3 Å². The van der Waals surface area contributed by atoms with Crippen LogP contribution in [0.5, 0.6) is 11.5 Å². The summed E-state index contributed by atoms with van der Waals surface area (Å²) in [6, 6.07) is 5.88. The van der Waals surface area contributed by atoms with E-state index in [0.29, 0.717) is 12.2 Å². The zero-order valence-electron chi connectivity index (χ0n) is 12.3. The van der Waals surface area contributed by atoms with Crippen molar-refractivity contribution in [3.63, 3.8) is 0 Å². The molecular formula is C16H13NO7. The predicted octanol–water partition coefficient (Wildman–Crippen LogP) is 2.08. The number of benzene rings is 1. The number of hydrogen-bond acceptors (Lipinski definition) is 7. The highest BCUT2D eigenvalue weighted by Crippen LogP contribution is 2.23. The van der Waals surface area contributed by atoms with Crippen molar-refractivity contribution in [2.24, 2.45) is 0 Å². The second kappa shape index (κ2) is 6.47. The van der Waals surface area contributed by atoms with Gasteiger partial charge in [0.25, 0.3) is 0 Å². The van der Waals surface area contributed by atoms with Crippen LogP contribution in [0.1, 0.15) is 16.1 Å². The van der Waals surface area contributed by atoms with E-state index in [1.807, 2.05) is 0 Å². The maximum Gasteiger partial charge on any atom is 0.374 e. The van der Waals surface area contributed by atoms with E-state index in [-0.39, 0.29) is 12.4 Å². The average Bonchev–Trinajstić information content (AvgIpc) is 2.99. The first-order chi connectivity index (χ1) is 11.6. The summed E-state index contributed by atoms with van der Waals surface area (Å²) in [5, 5.41) is 18.6. The smallest absolute Gasteiger partial charge is 0.374 e. The van der Waals surface area contributed by atoms with Crippen LogP contribution in [-0.2, 0) is 11.2 Å². The van der Waals surface area contributed by atoms with Gasteiger partial charge in [0.05, 0.1) is 6.61 Å². The maximum atomic E-state index is 11.8. The van der Waals surface area contributed by atoms with E-state index in [2.05, 4.69) is 9.87 Å². The Labute approximate surface area is 134 Å². The summed E-state index contributed by atoms with van der Waals surface area (Å²) in [5.41, 5.74) is 0.992. The number of aromatic amines is 1. The van der Waals surface area contributed by atoms with Crippen molar-refractivity contribution in [1.82, 2.24) is 4.98 Å². The minimum absolute atomic E-state index is 0.0561. The number of ether oxygens (including phenoxy) is 1. The Kier molecular flexibility index (Phi) is 4.21. The van der Waals surface area contributed by atoms with Gasteiger partial charge in [-0.05, 0) is 23.8 Å². The highest BCUT2D eigenvalue weighted by Gasteiger charge is 2.13. The molecular weight excluding hydrogens is 318 g/mol. The number of aromatic hydroxyl groups is 1. The minimum atomic E-state index is -0.800. The Bertz CT molecular complexity index is 941. The topological polar surface area (TPSA) is 122 Å².